The van der Waals surface area contributed by atoms with E-state index in [2.05, 4.69) is 72.5 Å². The van der Waals surface area contributed by atoms with Crippen LogP contribution in [0.5, 0.6) is 5.75 Å². The molecule has 3 fully saturated rings. The molecule has 11 heteroatoms. The summed E-state index contributed by atoms with van der Waals surface area (Å²) in [5.41, 5.74) is 5.91. The molecule has 0 bridgehead atoms. The van der Waals surface area contributed by atoms with Crippen molar-refractivity contribution in [1.29, 1.82) is 0 Å². The van der Waals surface area contributed by atoms with E-state index in [1.807, 2.05) is 12.1 Å². The molecular weight excluding hydrogens is 637 g/mol. The summed E-state index contributed by atoms with van der Waals surface area (Å²) in [6.07, 6.45) is 6.80. The third-order valence-electron chi connectivity index (χ3n) is 8.88. The van der Waals surface area contributed by atoms with E-state index in [0.717, 1.165) is 71.2 Å². The minimum absolute atomic E-state index is 0.424. The van der Waals surface area contributed by atoms with Gasteiger partial charge in [-0.25, -0.2) is 4.98 Å². The first-order chi connectivity index (χ1) is 21.2. The molecular formula is C33H39BrN7O2P. The number of piperazine rings is 1. The number of aryl methyl sites for hydroxylation is 1. The third-order valence-corrected chi connectivity index (χ3v) is 11.0. The van der Waals surface area contributed by atoms with Gasteiger partial charge >= 0.3 is 0 Å². The van der Waals surface area contributed by atoms with Gasteiger partial charge in [-0.15, -0.1) is 0 Å². The summed E-state index contributed by atoms with van der Waals surface area (Å²) >= 11 is 3.61. The first kappa shape index (κ1) is 29.5. The Hall–Kier alpha value is -3.20. The summed E-state index contributed by atoms with van der Waals surface area (Å²) < 4.78 is 20.1. The van der Waals surface area contributed by atoms with E-state index in [9.17, 15) is 4.57 Å². The summed E-state index contributed by atoms with van der Waals surface area (Å²) in [6.45, 7) is 10.0. The molecule has 2 N–H and O–H groups in total. The second kappa shape index (κ2) is 11.6. The van der Waals surface area contributed by atoms with Crippen LogP contribution in [-0.4, -0.2) is 72.5 Å². The van der Waals surface area contributed by atoms with Crippen molar-refractivity contribution in [1.82, 2.24) is 19.9 Å². The van der Waals surface area contributed by atoms with E-state index < -0.39 is 7.14 Å². The maximum atomic E-state index is 13.6. The average Bonchev–Trinajstić information content (AvgIpc) is 3.92. The normalized spacial score (nSPS) is 17.6. The van der Waals surface area contributed by atoms with E-state index in [1.54, 1.807) is 26.6 Å². The first-order valence-electron chi connectivity index (χ1n) is 15.4. The Balaban J connectivity index is 1.15. The highest BCUT2D eigenvalue weighted by Crippen LogP contribution is 2.44. The number of methoxy groups -OCH3 is 1. The van der Waals surface area contributed by atoms with E-state index in [4.69, 9.17) is 14.7 Å². The molecule has 1 saturated heterocycles. The first-order valence-corrected chi connectivity index (χ1v) is 18.8. The van der Waals surface area contributed by atoms with Gasteiger partial charge < -0.3 is 24.8 Å². The molecule has 0 unspecified atom stereocenters. The van der Waals surface area contributed by atoms with Crippen molar-refractivity contribution in [3.63, 3.8) is 0 Å². The van der Waals surface area contributed by atoms with Crippen molar-refractivity contribution in [2.75, 3.05) is 62.2 Å². The molecule has 2 aromatic heterocycles. The Labute approximate surface area is 267 Å². The van der Waals surface area contributed by atoms with Gasteiger partial charge in [-0.3, -0.25) is 9.88 Å². The zero-order valence-corrected chi connectivity index (χ0v) is 28.2. The fourth-order valence-electron chi connectivity index (χ4n) is 6.31. The number of pyridine rings is 1. The van der Waals surface area contributed by atoms with E-state index in [-0.39, 0.29) is 0 Å². The third kappa shape index (κ3) is 6.04. The van der Waals surface area contributed by atoms with Crippen molar-refractivity contribution in [2.24, 2.45) is 0 Å². The minimum Gasteiger partial charge on any atom is -0.494 e. The van der Waals surface area contributed by atoms with Gasteiger partial charge in [0.25, 0.3) is 0 Å². The Bertz CT molecular complexity index is 1780. The summed E-state index contributed by atoms with van der Waals surface area (Å²) in [7, 11) is -0.989. The van der Waals surface area contributed by atoms with Crippen molar-refractivity contribution < 1.29 is 9.30 Å². The van der Waals surface area contributed by atoms with Crippen molar-refractivity contribution in [3.05, 3.63) is 58.3 Å². The molecule has 2 aromatic carbocycles. The van der Waals surface area contributed by atoms with Crippen LogP contribution < -0.4 is 25.6 Å². The van der Waals surface area contributed by atoms with Gasteiger partial charge in [0, 0.05) is 72.5 Å². The van der Waals surface area contributed by atoms with Crippen molar-refractivity contribution in [2.45, 2.75) is 44.6 Å². The maximum Gasteiger partial charge on any atom is 0.229 e. The fourth-order valence-corrected chi connectivity index (χ4v) is 8.08. The summed E-state index contributed by atoms with van der Waals surface area (Å²) in [5.74, 6) is 2.29. The van der Waals surface area contributed by atoms with Crippen LogP contribution in [0.25, 0.3) is 10.9 Å². The van der Waals surface area contributed by atoms with E-state index >= 15 is 0 Å². The van der Waals surface area contributed by atoms with Crippen molar-refractivity contribution in [3.8, 4) is 5.75 Å². The lowest BCUT2D eigenvalue weighted by Crippen LogP contribution is -2.47. The molecule has 9 nitrogen and oxygen atoms in total. The molecule has 2 saturated carbocycles. The monoisotopic (exact) mass is 675 g/mol. The number of fused-ring (bicyclic) bond motifs is 1. The quantitative estimate of drug-likeness (QED) is 0.182. The topological polar surface area (TPSA) is 95.5 Å². The van der Waals surface area contributed by atoms with Gasteiger partial charge in [0.05, 0.1) is 28.5 Å². The van der Waals surface area contributed by atoms with E-state index in [1.165, 1.54) is 36.9 Å². The Morgan fingerprint density at radius 3 is 2.41 bits per heavy atom. The molecule has 0 amide bonds. The van der Waals surface area contributed by atoms with Gasteiger partial charge in [0.15, 0.2) is 0 Å². The zero-order chi connectivity index (χ0) is 30.6. The molecule has 7 rings (SSSR count). The van der Waals surface area contributed by atoms with Crippen LogP contribution in [0, 0.1) is 6.92 Å². The minimum atomic E-state index is -2.68. The number of benzene rings is 2. The average molecular weight is 677 g/mol. The molecule has 0 spiro atoms. The lowest BCUT2D eigenvalue weighted by Gasteiger charge is -2.37. The van der Waals surface area contributed by atoms with Crippen LogP contribution in [-0.2, 0) is 4.57 Å². The van der Waals surface area contributed by atoms with E-state index in [0.29, 0.717) is 22.2 Å². The highest BCUT2D eigenvalue weighted by atomic mass is 79.9. The number of halogens is 1. The molecule has 2 aliphatic carbocycles. The molecule has 0 atom stereocenters. The van der Waals surface area contributed by atoms with Gasteiger partial charge in [-0.2, -0.15) is 4.98 Å². The van der Waals surface area contributed by atoms with Crippen molar-refractivity contribution >= 4 is 68.1 Å². The summed E-state index contributed by atoms with van der Waals surface area (Å²) in [6, 6.07) is 13.1. The van der Waals surface area contributed by atoms with Gasteiger partial charge in [0.2, 0.25) is 5.95 Å². The van der Waals surface area contributed by atoms with Crippen LogP contribution in [0.2, 0.25) is 0 Å². The number of aromatic nitrogens is 3. The standard InChI is InChI=1S/C33H39BrN7O2P/c1-20-17-28(30(43-2)18-29(20)41-15-13-40(14-16-41)22-7-8-22)38-33-35-19-24(34)32(39-33)37-27-12-11-26-23(31(27)44(3,4)42)9-10-25(36-26)21-5-6-21/h9-12,17-19,21-22H,5-8,13-16H2,1-4H3,(H2,35,37,38,39). The molecule has 4 aromatic rings. The smallest absolute Gasteiger partial charge is 0.229 e. The largest absolute Gasteiger partial charge is 0.494 e. The number of ether oxygens (including phenoxy) is 1. The fraction of sp³-hybridized carbons (Fsp3) is 0.424. The van der Waals surface area contributed by atoms with Gasteiger partial charge in [-0.1, -0.05) is 6.07 Å². The SMILES string of the molecule is COc1cc(N2CCN(C3CC3)CC2)c(C)cc1Nc1ncc(Br)c(Nc2ccc3nc(C4CC4)ccc3c2P(C)(C)=O)n1. The Kier molecular flexibility index (Phi) is 7.79. The molecule has 44 heavy (non-hydrogen) atoms. The highest BCUT2D eigenvalue weighted by Gasteiger charge is 2.32. The predicted molar refractivity (Wildman–Crippen MR) is 184 cm³/mol. The molecule has 3 aliphatic rings. The summed E-state index contributed by atoms with van der Waals surface area (Å²) in [4.78, 5) is 19.3. The Morgan fingerprint density at radius 2 is 1.73 bits per heavy atom. The molecule has 3 heterocycles. The van der Waals surface area contributed by atoms with Gasteiger partial charge in [-0.05, 0) is 91.7 Å². The second-order valence-corrected chi connectivity index (χ2v) is 16.6. The van der Waals surface area contributed by atoms with Crippen LogP contribution in [0.1, 0.15) is 42.9 Å². The number of rotatable bonds is 9. The number of anilines is 5. The number of hydrogen-bond acceptors (Lipinski definition) is 9. The predicted octanol–water partition coefficient (Wildman–Crippen LogP) is 7.00. The lowest BCUT2D eigenvalue weighted by molar-refractivity contribution is 0.248. The highest BCUT2D eigenvalue weighted by molar-refractivity contribution is 9.10. The maximum absolute atomic E-state index is 13.6. The lowest BCUT2D eigenvalue weighted by atomic mass is 10.1. The summed E-state index contributed by atoms with van der Waals surface area (Å²) in [5, 5.41) is 8.50. The molecule has 230 valence electrons. The van der Waals surface area contributed by atoms with Crippen LogP contribution in [0.3, 0.4) is 0 Å². The molecule has 1 aliphatic heterocycles. The molecule has 0 radical (unpaired) electrons. The van der Waals surface area contributed by atoms with Crippen LogP contribution in [0.4, 0.5) is 28.8 Å². The number of nitrogens with zero attached hydrogens (tertiary/aromatic N) is 5. The zero-order valence-electron chi connectivity index (χ0n) is 25.7. The van der Waals surface area contributed by atoms with Crippen LogP contribution >= 0.6 is 23.1 Å². The van der Waals surface area contributed by atoms with Gasteiger partial charge in [0.1, 0.15) is 18.7 Å². The Morgan fingerprint density at radius 1 is 0.955 bits per heavy atom. The number of nitrogens with one attached hydrogen (secondary N) is 2. The number of hydrogen-bond donors (Lipinski definition) is 2. The second-order valence-electron chi connectivity index (χ2n) is 12.6. The van der Waals surface area contributed by atoms with Crippen LogP contribution in [0.15, 0.2) is 47.1 Å².